The monoisotopic (exact) mass is 276 g/mol. The third-order valence-corrected chi connectivity index (χ3v) is 2.94. The first kappa shape index (κ1) is 12.4. The first-order valence-corrected chi connectivity index (χ1v) is 6.10. The van der Waals surface area contributed by atoms with Crippen LogP contribution in [0.5, 0.6) is 6.01 Å². The van der Waals surface area contributed by atoms with Crippen molar-refractivity contribution in [2.45, 2.75) is 12.5 Å². The van der Waals surface area contributed by atoms with Crippen molar-refractivity contribution in [1.82, 2.24) is 15.0 Å². The van der Waals surface area contributed by atoms with Crippen LogP contribution in [0.2, 0.25) is 0 Å². The fourth-order valence-corrected chi connectivity index (χ4v) is 2.00. The number of ether oxygens (including phenoxy) is 1. The van der Waals surface area contributed by atoms with Crippen molar-refractivity contribution < 1.29 is 19.1 Å². The molecule has 1 N–H and O–H groups in total. The summed E-state index contributed by atoms with van der Waals surface area (Å²) in [6, 6.07) is 2.34. The van der Waals surface area contributed by atoms with Crippen molar-refractivity contribution in [2.75, 3.05) is 18.0 Å². The number of rotatable bonds is 4. The second kappa shape index (κ2) is 5.16. The second-order valence-corrected chi connectivity index (χ2v) is 4.33. The largest absolute Gasteiger partial charge is 0.476 e. The molecule has 2 aromatic rings. The van der Waals surface area contributed by atoms with Crippen molar-refractivity contribution in [2.24, 2.45) is 0 Å². The van der Waals surface area contributed by atoms with Gasteiger partial charge in [-0.2, -0.15) is 4.98 Å². The molecule has 0 amide bonds. The lowest BCUT2D eigenvalue weighted by Crippen LogP contribution is -2.25. The number of anilines is 1. The van der Waals surface area contributed by atoms with Gasteiger partial charge in [-0.3, -0.25) is 0 Å². The lowest BCUT2D eigenvalue weighted by Gasteiger charge is -2.13. The van der Waals surface area contributed by atoms with Crippen LogP contribution in [0.3, 0.4) is 0 Å². The van der Waals surface area contributed by atoms with Gasteiger partial charge in [-0.15, -0.1) is 0 Å². The molecule has 3 heterocycles. The van der Waals surface area contributed by atoms with E-state index in [1.54, 1.807) is 18.5 Å². The van der Waals surface area contributed by atoms with Crippen molar-refractivity contribution in [3.63, 3.8) is 0 Å². The molecule has 8 heteroatoms. The molecule has 1 aliphatic heterocycles. The molecule has 0 spiro atoms. The Balaban J connectivity index is 1.63. The molecule has 1 fully saturated rings. The Kier molecular flexibility index (Phi) is 3.20. The van der Waals surface area contributed by atoms with E-state index in [0.29, 0.717) is 25.1 Å². The van der Waals surface area contributed by atoms with Gasteiger partial charge in [0.15, 0.2) is 5.69 Å². The van der Waals surface area contributed by atoms with Gasteiger partial charge in [0.25, 0.3) is 6.01 Å². The number of carboxylic acids is 1. The number of nitrogens with zero attached hydrogens (tertiary/aromatic N) is 4. The highest BCUT2D eigenvalue weighted by Crippen LogP contribution is 2.21. The SMILES string of the molecule is O=C(O)c1coc(N2CC[C@H](Oc3ncccn3)C2)n1. The zero-order chi connectivity index (χ0) is 13.9. The molecule has 1 atom stereocenters. The Morgan fingerprint density at radius 3 is 2.95 bits per heavy atom. The number of carbonyl (C=O) groups is 1. The predicted molar refractivity (Wildman–Crippen MR) is 66.7 cm³/mol. The van der Waals surface area contributed by atoms with Crippen LogP contribution in [-0.2, 0) is 0 Å². The first-order valence-electron chi connectivity index (χ1n) is 6.10. The molecule has 0 saturated carbocycles. The van der Waals surface area contributed by atoms with Crippen LogP contribution in [-0.4, -0.2) is 45.2 Å². The van der Waals surface area contributed by atoms with Gasteiger partial charge in [0.2, 0.25) is 0 Å². The van der Waals surface area contributed by atoms with Crippen LogP contribution in [0, 0.1) is 0 Å². The summed E-state index contributed by atoms with van der Waals surface area (Å²) in [5.74, 6) is -1.11. The highest BCUT2D eigenvalue weighted by atomic mass is 16.5. The van der Waals surface area contributed by atoms with E-state index in [9.17, 15) is 4.79 Å². The first-order chi connectivity index (χ1) is 9.72. The summed E-state index contributed by atoms with van der Waals surface area (Å²) in [5.41, 5.74) is -0.101. The highest BCUT2D eigenvalue weighted by Gasteiger charge is 2.28. The average Bonchev–Trinajstić information content (AvgIpc) is 3.08. The predicted octanol–water partition coefficient (Wildman–Crippen LogP) is 0.821. The van der Waals surface area contributed by atoms with E-state index in [1.165, 1.54) is 0 Å². The molecule has 0 bridgehead atoms. The van der Waals surface area contributed by atoms with E-state index in [0.717, 1.165) is 12.7 Å². The Hall–Kier alpha value is -2.64. The quantitative estimate of drug-likeness (QED) is 0.875. The normalized spacial score (nSPS) is 18.2. The zero-order valence-corrected chi connectivity index (χ0v) is 10.5. The average molecular weight is 276 g/mol. The van der Waals surface area contributed by atoms with Gasteiger partial charge in [-0.25, -0.2) is 14.8 Å². The van der Waals surface area contributed by atoms with Crippen LogP contribution in [0.4, 0.5) is 6.01 Å². The summed E-state index contributed by atoms with van der Waals surface area (Å²) in [6.45, 7) is 1.23. The molecule has 1 saturated heterocycles. The molecule has 104 valence electrons. The minimum atomic E-state index is -1.11. The minimum absolute atomic E-state index is 0.0717. The van der Waals surface area contributed by atoms with Gasteiger partial charge in [0.1, 0.15) is 12.4 Å². The summed E-state index contributed by atoms with van der Waals surface area (Å²) in [4.78, 5) is 24.5. The van der Waals surface area contributed by atoms with Crippen molar-refractivity contribution in [3.05, 3.63) is 30.4 Å². The van der Waals surface area contributed by atoms with E-state index in [1.807, 2.05) is 4.90 Å². The second-order valence-electron chi connectivity index (χ2n) is 4.33. The van der Waals surface area contributed by atoms with E-state index in [2.05, 4.69) is 15.0 Å². The number of aromatic carboxylic acids is 1. The summed E-state index contributed by atoms with van der Waals surface area (Å²) in [7, 11) is 0. The Morgan fingerprint density at radius 1 is 1.45 bits per heavy atom. The summed E-state index contributed by atoms with van der Waals surface area (Å²) in [6.07, 6.45) is 5.05. The molecular weight excluding hydrogens is 264 g/mol. The van der Waals surface area contributed by atoms with Crippen molar-refractivity contribution in [3.8, 4) is 6.01 Å². The zero-order valence-electron chi connectivity index (χ0n) is 10.5. The van der Waals surface area contributed by atoms with Gasteiger partial charge in [0, 0.05) is 25.4 Å². The molecule has 0 aliphatic carbocycles. The lowest BCUT2D eigenvalue weighted by atomic mass is 10.3. The maximum Gasteiger partial charge on any atom is 0.357 e. The smallest absolute Gasteiger partial charge is 0.357 e. The third-order valence-electron chi connectivity index (χ3n) is 2.94. The van der Waals surface area contributed by atoms with E-state index in [4.69, 9.17) is 14.3 Å². The number of oxazole rings is 1. The van der Waals surface area contributed by atoms with Crippen molar-refractivity contribution >= 4 is 12.0 Å². The number of carboxylic acid groups (broad SMARTS) is 1. The Morgan fingerprint density at radius 2 is 2.25 bits per heavy atom. The molecule has 0 aromatic carbocycles. The summed E-state index contributed by atoms with van der Waals surface area (Å²) < 4.78 is 10.8. The topological polar surface area (TPSA) is 102 Å². The number of hydrogen-bond acceptors (Lipinski definition) is 7. The maximum atomic E-state index is 10.8. The molecule has 3 rings (SSSR count). The van der Waals surface area contributed by atoms with E-state index >= 15 is 0 Å². The van der Waals surface area contributed by atoms with Crippen LogP contribution >= 0.6 is 0 Å². The van der Waals surface area contributed by atoms with Crippen LogP contribution < -0.4 is 9.64 Å². The fraction of sp³-hybridized carbons (Fsp3) is 0.333. The minimum Gasteiger partial charge on any atom is -0.476 e. The van der Waals surface area contributed by atoms with Crippen molar-refractivity contribution in [1.29, 1.82) is 0 Å². The number of hydrogen-bond donors (Lipinski definition) is 1. The highest BCUT2D eigenvalue weighted by molar-refractivity contribution is 5.85. The Bertz CT molecular complexity index is 601. The van der Waals surface area contributed by atoms with Crippen LogP contribution in [0.25, 0.3) is 0 Å². The van der Waals surface area contributed by atoms with Gasteiger partial charge in [-0.05, 0) is 6.07 Å². The lowest BCUT2D eigenvalue weighted by molar-refractivity contribution is 0.0690. The fourth-order valence-electron chi connectivity index (χ4n) is 2.00. The third kappa shape index (κ3) is 2.53. The Labute approximate surface area is 114 Å². The summed E-state index contributed by atoms with van der Waals surface area (Å²) >= 11 is 0. The molecule has 0 radical (unpaired) electrons. The molecule has 1 aliphatic rings. The van der Waals surface area contributed by atoms with Crippen LogP contribution in [0.1, 0.15) is 16.9 Å². The summed E-state index contributed by atoms with van der Waals surface area (Å²) in [5, 5.41) is 8.81. The van der Waals surface area contributed by atoms with Gasteiger partial charge < -0.3 is 19.2 Å². The molecule has 20 heavy (non-hydrogen) atoms. The standard InChI is InChI=1S/C12H12N4O4/c17-10(18)9-7-19-12(15-9)16-5-2-8(6-16)20-11-13-3-1-4-14-11/h1,3-4,7-8H,2,5-6H2,(H,17,18)/t8-/m0/s1. The molecular formula is C12H12N4O4. The van der Waals surface area contributed by atoms with Gasteiger partial charge >= 0.3 is 12.0 Å². The van der Waals surface area contributed by atoms with Crippen LogP contribution in [0.15, 0.2) is 29.1 Å². The maximum absolute atomic E-state index is 10.8. The van der Waals surface area contributed by atoms with Gasteiger partial charge in [-0.1, -0.05) is 0 Å². The molecule has 0 unspecified atom stereocenters. The number of aromatic nitrogens is 3. The molecule has 2 aromatic heterocycles. The van der Waals surface area contributed by atoms with Gasteiger partial charge in [0.05, 0.1) is 6.54 Å². The van der Waals surface area contributed by atoms with E-state index in [-0.39, 0.29) is 11.8 Å². The van der Waals surface area contributed by atoms with E-state index < -0.39 is 5.97 Å². The molecule has 8 nitrogen and oxygen atoms in total.